The number of nitrogens with one attached hydrogen (secondary N) is 1. The molecule has 168 valence electrons. The zero-order chi connectivity index (χ0) is 22.1. The van der Waals surface area contributed by atoms with Gasteiger partial charge in [-0.2, -0.15) is 0 Å². The van der Waals surface area contributed by atoms with Crippen molar-refractivity contribution in [2.24, 2.45) is 5.92 Å². The molecule has 2 aromatic rings. The van der Waals surface area contributed by atoms with Gasteiger partial charge in [-0.25, -0.2) is 9.37 Å². The lowest BCUT2D eigenvalue weighted by molar-refractivity contribution is 0.0726. The molecule has 6 nitrogen and oxygen atoms in total. The molecule has 1 aliphatic carbocycles. The summed E-state index contributed by atoms with van der Waals surface area (Å²) >= 11 is 0. The number of amides is 1. The largest absolute Gasteiger partial charge is 0.332 e. The van der Waals surface area contributed by atoms with E-state index in [4.69, 9.17) is 4.98 Å². The van der Waals surface area contributed by atoms with Crippen molar-refractivity contribution in [3.8, 4) is 0 Å². The van der Waals surface area contributed by atoms with Crippen molar-refractivity contribution in [3.05, 3.63) is 75.2 Å². The number of carbonyl (C=O) groups excluding carboxylic acids is 1. The first-order chi connectivity index (χ1) is 15.6. The van der Waals surface area contributed by atoms with E-state index in [0.717, 1.165) is 38.3 Å². The van der Waals surface area contributed by atoms with Gasteiger partial charge < -0.3 is 14.8 Å². The highest BCUT2D eigenvalue weighted by atomic mass is 19.1. The van der Waals surface area contributed by atoms with Gasteiger partial charge in [0.15, 0.2) is 0 Å². The number of aromatic nitrogens is 2. The molecule has 7 heteroatoms. The Kier molecular flexibility index (Phi) is 5.91. The SMILES string of the molecule is O=C(c1ccccc1F)N1CCc2c(nc([C@H]3CCN(C[C@H]4CC=CCC4)C3)[nH]c2=O)C1. The number of rotatable bonds is 4. The highest BCUT2D eigenvalue weighted by Gasteiger charge is 2.31. The van der Waals surface area contributed by atoms with Gasteiger partial charge in [0, 0.05) is 31.1 Å². The number of nitrogens with zero attached hydrogens (tertiary/aromatic N) is 3. The fraction of sp³-hybridized carbons (Fsp3) is 0.480. The van der Waals surface area contributed by atoms with Gasteiger partial charge in [-0.3, -0.25) is 9.59 Å². The van der Waals surface area contributed by atoms with Gasteiger partial charge >= 0.3 is 0 Å². The molecule has 1 aromatic carbocycles. The quantitative estimate of drug-likeness (QED) is 0.747. The Morgan fingerprint density at radius 2 is 2.06 bits per heavy atom. The van der Waals surface area contributed by atoms with Crippen LogP contribution in [0.1, 0.15) is 59.0 Å². The summed E-state index contributed by atoms with van der Waals surface area (Å²) in [6, 6.07) is 6.02. The Labute approximate surface area is 187 Å². The van der Waals surface area contributed by atoms with Crippen molar-refractivity contribution in [1.29, 1.82) is 0 Å². The molecule has 2 atom stereocenters. The highest BCUT2D eigenvalue weighted by Crippen LogP contribution is 2.28. The van der Waals surface area contributed by atoms with Crippen LogP contribution in [0.4, 0.5) is 4.39 Å². The Morgan fingerprint density at radius 3 is 2.88 bits per heavy atom. The van der Waals surface area contributed by atoms with Crippen molar-refractivity contribution in [2.45, 2.75) is 44.6 Å². The molecule has 1 aromatic heterocycles. The Balaban J connectivity index is 1.30. The highest BCUT2D eigenvalue weighted by molar-refractivity contribution is 5.94. The molecule has 0 bridgehead atoms. The summed E-state index contributed by atoms with van der Waals surface area (Å²) in [5, 5.41) is 0. The van der Waals surface area contributed by atoms with Crippen LogP contribution in [0.25, 0.3) is 0 Å². The van der Waals surface area contributed by atoms with E-state index in [-0.39, 0.29) is 29.5 Å². The van der Waals surface area contributed by atoms with Gasteiger partial charge in [0.1, 0.15) is 11.6 Å². The maximum atomic E-state index is 14.1. The summed E-state index contributed by atoms with van der Waals surface area (Å²) in [5.74, 6) is 0.755. The minimum Gasteiger partial charge on any atom is -0.332 e. The summed E-state index contributed by atoms with van der Waals surface area (Å²) in [4.78, 5) is 37.5. The maximum absolute atomic E-state index is 14.1. The Morgan fingerprint density at radius 1 is 1.19 bits per heavy atom. The lowest BCUT2D eigenvalue weighted by Gasteiger charge is -2.28. The average molecular weight is 437 g/mol. The zero-order valence-electron chi connectivity index (χ0n) is 18.2. The number of allylic oxidation sites excluding steroid dienone is 2. The van der Waals surface area contributed by atoms with Crippen molar-refractivity contribution in [1.82, 2.24) is 19.8 Å². The first-order valence-corrected chi connectivity index (χ1v) is 11.6. The van der Waals surface area contributed by atoms with Gasteiger partial charge in [-0.15, -0.1) is 0 Å². The van der Waals surface area contributed by atoms with Gasteiger partial charge in [0.2, 0.25) is 0 Å². The van der Waals surface area contributed by atoms with Gasteiger partial charge in [0.25, 0.3) is 11.5 Å². The summed E-state index contributed by atoms with van der Waals surface area (Å²) in [6.45, 7) is 3.64. The van der Waals surface area contributed by atoms with E-state index in [1.165, 1.54) is 25.0 Å². The monoisotopic (exact) mass is 436 g/mol. The zero-order valence-corrected chi connectivity index (χ0v) is 18.2. The normalized spacial score (nSPS) is 23.3. The summed E-state index contributed by atoms with van der Waals surface area (Å²) < 4.78 is 14.1. The van der Waals surface area contributed by atoms with E-state index >= 15 is 0 Å². The fourth-order valence-electron chi connectivity index (χ4n) is 5.24. The van der Waals surface area contributed by atoms with Crippen LogP contribution in [0, 0.1) is 11.7 Å². The third kappa shape index (κ3) is 4.26. The molecule has 1 saturated heterocycles. The number of benzene rings is 1. The summed E-state index contributed by atoms with van der Waals surface area (Å²) in [5.41, 5.74) is 1.26. The Bertz CT molecular complexity index is 1100. The first-order valence-electron chi connectivity index (χ1n) is 11.6. The van der Waals surface area contributed by atoms with Gasteiger partial charge in [-0.05, 0) is 56.7 Å². The average Bonchev–Trinajstić information content (AvgIpc) is 3.28. The topological polar surface area (TPSA) is 69.3 Å². The van der Waals surface area contributed by atoms with Crippen molar-refractivity contribution < 1.29 is 9.18 Å². The number of hydrogen-bond acceptors (Lipinski definition) is 4. The molecule has 2 aliphatic heterocycles. The van der Waals surface area contributed by atoms with Crippen LogP contribution >= 0.6 is 0 Å². The molecule has 32 heavy (non-hydrogen) atoms. The van der Waals surface area contributed by atoms with Crippen LogP contribution in [-0.2, 0) is 13.0 Å². The summed E-state index contributed by atoms with van der Waals surface area (Å²) in [7, 11) is 0. The second kappa shape index (κ2) is 8.98. The third-order valence-electron chi connectivity index (χ3n) is 7.04. The second-order valence-electron chi connectivity index (χ2n) is 9.23. The van der Waals surface area contributed by atoms with Crippen LogP contribution in [-0.4, -0.2) is 51.9 Å². The predicted molar refractivity (Wildman–Crippen MR) is 120 cm³/mol. The lowest BCUT2D eigenvalue weighted by atomic mass is 9.94. The molecule has 0 spiro atoms. The van der Waals surface area contributed by atoms with Gasteiger partial charge in [-0.1, -0.05) is 24.3 Å². The van der Waals surface area contributed by atoms with E-state index < -0.39 is 5.82 Å². The predicted octanol–water partition coefficient (Wildman–Crippen LogP) is 3.25. The van der Waals surface area contributed by atoms with E-state index in [9.17, 15) is 14.0 Å². The number of carbonyl (C=O) groups is 1. The third-order valence-corrected chi connectivity index (χ3v) is 7.04. The lowest BCUT2D eigenvalue weighted by Crippen LogP contribution is -2.40. The van der Waals surface area contributed by atoms with Crippen LogP contribution in [0.5, 0.6) is 0 Å². The van der Waals surface area contributed by atoms with E-state index in [2.05, 4.69) is 22.0 Å². The van der Waals surface area contributed by atoms with E-state index in [1.807, 2.05) is 0 Å². The molecular weight excluding hydrogens is 407 g/mol. The standard InChI is InChI=1S/C25H29FN4O2/c26-21-9-5-4-8-19(21)25(32)30-13-11-20-22(16-30)27-23(28-24(20)31)18-10-12-29(15-18)14-17-6-2-1-3-7-17/h1-2,4-5,8-9,17-18H,3,6-7,10-16H2,(H,27,28,31)/t17-,18-/m0/s1. The van der Waals surface area contributed by atoms with Crippen LogP contribution < -0.4 is 5.56 Å². The first kappa shape index (κ1) is 21.1. The number of aromatic amines is 1. The number of H-pyrrole nitrogens is 1. The molecule has 3 aliphatic rings. The minimum absolute atomic E-state index is 0.0602. The van der Waals surface area contributed by atoms with Crippen molar-refractivity contribution in [3.63, 3.8) is 0 Å². The molecule has 0 unspecified atom stereocenters. The number of hydrogen-bond donors (Lipinski definition) is 1. The van der Waals surface area contributed by atoms with Gasteiger partial charge in [0.05, 0.1) is 17.8 Å². The Hall–Kier alpha value is -2.80. The van der Waals surface area contributed by atoms with Crippen molar-refractivity contribution in [2.75, 3.05) is 26.2 Å². The van der Waals surface area contributed by atoms with Crippen molar-refractivity contribution >= 4 is 5.91 Å². The summed E-state index contributed by atoms with van der Waals surface area (Å²) in [6.07, 6.45) is 9.54. The van der Waals surface area contributed by atoms with Crippen LogP contribution in [0.3, 0.4) is 0 Å². The molecule has 0 saturated carbocycles. The molecular formula is C25H29FN4O2. The minimum atomic E-state index is -0.526. The number of fused-ring (bicyclic) bond motifs is 1. The number of likely N-dealkylation sites (tertiary alicyclic amines) is 1. The maximum Gasteiger partial charge on any atom is 0.257 e. The fourth-order valence-corrected chi connectivity index (χ4v) is 5.24. The second-order valence-corrected chi connectivity index (χ2v) is 9.23. The van der Waals surface area contributed by atoms with Crippen LogP contribution in [0.15, 0.2) is 41.2 Å². The molecule has 5 rings (SSSR count). The molecule has 3 heterocycles. The molecule has 0 radical (unpaired) electrons. The number of halogens is 1. The smallest absolute Gasteiger partial charge is 0.257 e. The van der Waals surface area contributed by atoms with Crippen LogP contribution in [0.2, 0.25) is 0 Å². The molecule has 1 N–H and O–H groups in total. The molecule has 1 fully saturated rings. The van der Waals surface area contributed by atoms with E-state index in [1.54, 1.807) is 17.0 Å². The van der Waals surface area contributed by atoms with E-state index in [0.29, 0.717) is 30.1 Å². The molecule has 1 amide bonds.